The molecule has 0 unspecified atom stereocenters. The molecule has 1 rings (SSSR count). The standard InChI is InChI=1S/C8H9F2NO2/c9-5-1-4(6(11)3-12)2-7(13)8(5)10/h1-2,6,12-13H,3,11H2/t6-/m1/s1. The molecule has 0 spiro atoms. The zero-order valence-corrected chi connectivity index (χ0v) is 6.67. The number of aliphatic hydroxyl groups excluding tert-OH is 1. The fourth-order valence-electron chi connectivity index (χ4n) is 0.914. The second-order valence-electron chi connectivity index (χ2n) is 2.62. The molecule has 72 valence electrons. The molecule has 4 N–H and O–H groups in total. The van der Waals surface area contributed by atoms with Crippen molar-refractivity contribution in [3.8, 4) is 5.75 Å². The lowest BCUT2D eigenvalue weighted by Crippen LogP contribution is -2.14. The third-order valence-corrected chi connectivity index (χ3v) is 1.66. The zero-order valence-electron chi connectivity index (χ0n) is 6.67. The van der Waals surface area contributed by atoms with Crippen molar-refractivity contribution >= 4 is 0 Å². The number of phenols is 1. The first-order valence-electron chi connectivity index (χ1n) is 3.60. The Morgan fingerprint density at radius 3 is 2.46 bits per heavy atom. The van der Waals surface area contributed by atoms with Gasteiger partial charge >= 0.3 is 0 Å². The molecular formula is C8H9F2NO2. The van der Waals surface area contributed by atoms with E-state index in [0.717, 1.165) is 12.1 Å². The smallest absolute Gasteiger partial charge is 0.200 e. The van der Waals surface area contributed by atoms with Crippen LogP contribution in [0, 0.1) is 11.6 Å². The van der Waals surface area contributed by atoms with Gasteiger partial charge in [-0.3, -0.25) is 0 Å². The van der Waals surface area contributed by atoms with Crippen LogP contribution in [0.2, 0.25) is 0 Å². The van der Waals surface area contributed by atoms with E-state index in [2.05, 4.69) is 0 Å². The number of phenolic OH excluding ortho intramolecular Hbond substituents is 1. The van der Waals surface area contributed by atoms with Crippen molar-refractivity contribution in [2.75, 3.05) is 6.61 Å². The Hall–Kier alpha value is -1.20. The summed E-state index contributed by atoms with van der Waals surface area (Å²) in [6, 6.07) is 1.01. The van der Waals surface area contributed by atoms with Gasteiger partial charge in [0.15, 0.2) is 17.4 Å². The molecule has 1 aromatic carbocycles. The number of aromatic hydroxyl groups is 1. The Morgan fingerprint density at radius 1 is 1.38 bits per heavy atom. The maximum Gasteiger partial charge on any atom is 0.200 e. The lowest BCUT2D eigenvalue weighted by molar-refractivity contribution is 0.267. The molecule has 0 radical (unpaired) electrons. The fraction of sp³-hybridized carbons (Fsp3) is 0.250. The van der Waals surface area contributed by atoms with Crippen LogP contribution in [0.15, 0.2) is 12.1 Å². The summed E-state index contributed by atoms with van der Waals surface area (Å²) in [6.45, 7) is -0.398. The summed E-state index contributed by atoms with van der Waals surface area (Å²) in [5.74, 6) is -3.30. The number of rotatable bonds is 2. The maximum absolute atomic E-state index is 12.7. The Morgan fingerprint density at radius 2 is 2.00 bits per heavy atom. The second kappa shape index (κ2) is 3.68. The highest BCUT2D eigenvalue weighted by Crippen LogP contribution is 2.23. The van der Waals surface area contributed by atoms with Gasteiger partial charge in [-0.05, 0) is 17.7 Å². The van der Waals surface area contributed by atoms with Crippen molar-refractivity contribution < 1.29 is 19.0 Å². The fourth-order valence-corrected chi connectivity index (χ4v) is 0.914. The van der Waals surface area contributed by atoms with Crippen LogP contribution in [-0.4, -0.2) is 16.8 Å². The summed E-state index contributed by atoms with van der Waals surface area (Å²) in [4.78, 5) is 0. The van der Waals surface area contributed by atoms with E-state index in [4.69, 9.17) is 15.9 Å². The predicted octanol–water partition coefficient (Wildman–Crippen LogP) is 0.662. The van der Waals surface area contributed by atoms with Crippen LogP contribution in [0.4, 0.5) is 8.78 Å². The topological polar surface area (TPSA) is 66.5 Å². The molecule has 0 aromatic heterocycles. The molecule has 1 atom stereocenters. The monoisotopic (exact) mass is 189 g/mol. The molecule has 0 fully saturated rings. The number of aliphatic hydroxyl groups is 1. The van der Waals surface area contributed by atoms with Crippen LogP contribution in [0.3, 0.4) is 0 Å². The first kappa shape index (κ1) is 9.88. The van der Waals surface area contributed by atoms with Gasteiger partial charge in [0.25, 0.3) is 0 Å². The Labute approximate surface area is 73.4 Å². The van der Waals surface area contributed by atoms with Crippen LogP contribution < -0.4 is 5.73 Å². The largest absolute Gasteiger partial charge is 0.505 e. The normalized spacial score (nSPS) is 12.9. The predicted molar refractivity (Wildman–Crippen MR) is 42.0 cm³/mol. The van der Waals surface area contributed by atoms with Crippen LogP contribution in [0.5, 0.6) is 5.75 Å². The summed E-state index contributed by atoms with van der Waals surface area (Å²) in [5, 5.41) is 17.5. The van der Waals surface area contributed by atoms with Gasteiger partial charge in [0.05, 0.1) is 12.6 Å². The average Bonchev–Trinajstić information content (AvgIpc) is 2.12. The van der Waals surface area contributed by atoms with Crippen molar-refractivity contribution in [1.29, 1.82) is 0 Å². The van der Waals surface area contributed by atoms with E-state index in [9.17, 15) is 8.78 Å². The third kappa shape index (κ3) is 1.93. The van der Waals surface area contributed by atoms with E-state index >= 15 is 0 Å². The minimum absolute atomic E-state index is 0.152. The molecule has 13 heavy (non-hydrogen) atoms. The van der Waals surface area contributed by atoms with Gasteiger partial charge in [0, 0.05) is 0 Å². The van der Waals surface area contributed by atoms with Gasteiger partial charge in [0.1, 0.15) is 0 Å². The summed E-state index contributed by atoms with van der Waals surface area (Å²) < 4.78 is 25.2. The van der Waals surface area contributed by atoms with Crippen molar-refractivity contribution in [2.24, 2.45) is 5.73 Å². The number of hydrogen-bond acceptors (Lipinski definition) is 3. The molecule has 0 aliphatic rings. The number of benzene rings is 1. The summed E-state index contributed by atoms with van der Waals surface area (Å²) >= 11 is 0. The molecule has 5 heteroatoms. The van der Waals surface area contributed by atoms with Crippen molar-refractivity contribution in [2.45, 2.75) is 6.04 Å². The van der Waals surface area contributed by atoms with Gasteiger partial charge in [-0.25, -0.2) is 4.39 Å². The van der Waals surface area contributed by atoms with Crippen molar-refractivity contribution in [3.05, 3.63) is 29.3 Å². The summed E-state index contributed by atoms with van der Waals surface area (Å²) in [6.07, 6.45) is 0. The van der Waals surface area contributed by atoms with Crippen LogP contribution in [0.1, 0.15) is 11.6 Å². The highest BCUT2D eigenvalue weighted by atomic mass is 19.2. The Bertz CT molecular complexity index is 294. The maximum atomic E-state index is 12.7. The minimum atomic E-state index is -1.31. The summed E-state index contributed by atoms with van der Waals surface area (Å²) in [7, 11) is 0. The van der Waals surface area contributed by atoms with E-state index in [1.807, 2.05) is 0 Å². The Kier molecular flexibility index (Phi) is 2.79. The number of nitrogens with two attached hydrogens (primary N) is 1. The van der Waals surface area contributed by atoms with Crippen molar-refractivity contribution in [1.82, 2.24) is 0 Å². The van der Waals surface area contributed by atoms with Crippen LogP contribution >= 0.6 is 0 Å². The zero-order chi connectivity index (χ0) is 10.0. The summed E-state index contributed by atoms with van der Waals surface area (Å²) in [5.41, 5.74) is 5.48. The second-order valence-corrected chi connectivity index (χ2v) is 2.62. The quantitative estimate of drug-likeness (QED) is 0.640. The lowest BCUT2D eigenvalue weighted by atomic mass is 10.1. The van der Waals surface area contributed by atoms with Gasteiger partial charge in [-0.1, -0.05) is 0 Å². The van der Waals surface area contributed by atoms with E-state index < -0.39 is 30.0 Å². The van der Waals surface area contributed by atoms with Crippen molar-refractivity contribution in [3.63, 3.8) is 0 Å². The van der Waals surface area contributed by atoms with E-state index in [-0.39, 0.29) is 5.56 Å². The van der Waals surface area contributed by atoms with Crippen LogP contribution in [-0.2, 0) is 0 Å². The molecule has 0 aliphatic heterocycles. The van der Waals surface area contributed by atoms with Gasteiger partial charge in [0.2, 0.25) is 0 Å². The third-order valence-electron chi connectivity index (χ3n) is 1.66. The molecule has 0 bridgehead atoms. The first-order chi connectivity index (χ1) is 6.06. The van der Waals surface area contributed by atoms with Gasteiger partial charge in [-0.2, -0.15) is 4.39 Å². The molecule has 0 saturated carbocycles. The Balaban J connectivity index is 3.13. The molecule has 3 nitrogen and oxygen atoms in total. The highest BCUT2D eigenvalue weighted by Gasteiger charge is 2.13. The highest BCUT2D eigenvalue weighted by molar-refractivity contribution is 5.32. The molecule has 0 aliphatic carbocycles. The lowest BCUT2D eigenvalue weighted by Gasteiger charge is -2.09. The first-order valence-corrected chi connectivity index (χ1v) is 3.60. The molecule has 0 amide bonds. The molecule has 0 saturated heterocycles. The number of hydrogen-bond donors (Lipinski definition) is 3. The van der Waals surface area contributed by atoms with Crippen LogP contribution in [0.25, 0.3) is 0 Å². The minimum Gasteiger partial charge on any atom is -0.505 e. The van der Waals surface area contributed by atoms with E-state index in [1.165, 1.54) is 0 Å². The molecule has 0 heterocycles. The SMILES string of the molecule is N[C@H](CO)c1cc(O)c(F)c(F)c1. The van der Waals surface area contributed by atoms with Gasteiger partial charge in [-0.15, -0.1) is 0 Å². The number of halogens is 2. The molecule has 1 aromatic rings. The molecular weight excluding hydrogens is 180 g/mol. The van der Waals surface area contributed by atoms with Gasteiger partial charge < -0.3 is 15.9 Å². The average molecular weight is 189 g/mol. The van der Waals surface area contributed by atoms with E-state index in [0.29, 0.717) is 0 Å². The van der Waals surface area contributed by atoms with E-state index in [1.54, 1.807) is 0 Å².